The third-order valence-electron chi connectivity index (χ3n) is 5.91. The molecule has 1 N–H and O–H groups in total. The number of unbranched alkanes of at least 4 members (excludes halogenated alkanes) is 2. The largest absolute Gasteiger partial charge is 0.328 e. The maximum absolute atomic E-state index is 13.0. The number of nitrogens with one attached hydrogen (secondary N) is 1. The van der Waals surface area contributed by atoms with Gasteiger partial charge in [0.15, 0.2) is 0 Å². The molecule has 0 aliphatic carbocycles. The molecular formula is C24H29N7O. The van der Waals surface area contributed by atoms with Crippen LogP contribution in [0.25, 0.3) is 22.6 Å². The molecule has 0 aliphatic rings. The van der Waals surface area contributed by atoms with Crippen LogP contribution in [0.4, 0.5) is 0 Å². The molecule has 0 bridgehead atoms. The lowest BCUT2D eigenvalue weighted by Crippen LogP contribution is -2.25. The molecule has 0 spiro atoms. The van der Waals surface area contributed by atoms with Gasteiger partial charge in [0, 0.05) is 29.7 Å². The summed E-state index contributed by atoms with van der Waals surface area (Å²) in [5, 5.41) is 14.3. The number of imidazole rings is 1. The summed E-state index contributed by atoms with van der Waals surface area (Å²) in [5.74, 6) is 0.462. The van der Waals surface area contributed by atoms with E-state index in [-0.39, 0.29) is 5.69 Å². The van der Waals surface area contributed by atoms with Gasteiger partial charge >= 0.3 is 5.69 Å². The summed E-state index contributed by atoms with van der Waals surface area (Å²) in [4.78, 5) is 17.5. The molecule has 8 heteroatoms. The van der Waals surface area contributed by atoms with Crippen molar-refractivity contribution in [2.75, 3.05) is 0 Å². The molecule has 0 saturated carbocycles. The van der Waals surface area contributed by atoms with E-state index < -0.39 is 0 Å². The van der Waals surface area contributed by atoms with Crippen LogP contribution in [0.2, 0.25) is 0 Å². The Morgan fingerprint density at radius 3 is 2.53 bits per heavy atom. The van der Waals surface area contributed by atoms with Gasteiger partial charge in [0.1, 0.15) is 5.69 Å². The molecule has 8 nitrogen and oxygen atoms in total. The van der Waals surface area contributed by atoms with E-state index in [1.807, 2.05) is 28.2 Å². The monoisotopic (exact) mass is 431 g/mol. The summed E-state index contributed by atoms with van der Waals surface area (Å²) in [6, 6.07) is 12.1. The van der Waals surface area contributed by atoms with E-state index >= 15 is 0 Å². The normalized spacial score (nSPS) is 11.2. The summed E-state index contributed by atoms with van der Waals surface area (Å²) in [6.45, 7) is 7.55. The molecule has 4 rings (SSSR count). The Kier molecular flexibility index (Phi) is 6.58. The first-order chi connectivity index (χ1) is 15.6. The first-order valence-electron chi connectivity index (χ1n) is 11.2. The number of rotatable bonds is 9. The van der Waals surface area contributed by atoms with Crippen molar-refractivity contribution in [3.63, 3.8) is 0 Å². The standard InChI is InChI=1S/C24H29N7O/c1-4-6-7-10-21-17(3)30(5-2)24(32)31(21)16-18-11-13-19(14-12-18)20-9-8-15-25-22(20)23-26-28-29-27-23/h8-9,11-15H,4-7,10,16H2,1-3H3,(H,26,27,28,29). The lowest BCUT2D eigenvalue weighted by atomic mass is 10.0. The molecule has 0 aliphatic heterocycles. The van der Waals surface area contributed by atoms with Gasteiger partial charge in [-0.15, -0.1) is 10.2 Å². The molecule has 4 aromatic rings. The highest BCUT2D eigenvalue weighted by atomic mass is 16.1. The van der Waals surface area contributed by atoms with Crippen LogP contribution in [0.1, 0.15) is 50.1 Å². The van der Waals surface area contributed by atoms with E-state index in [0.717, 1.165) is 40.9 Å². The Morgan fingerprint density at radius 1 is 1.03 bits per heavy atom. The Bertz CT molecular complexity index is 1220. The van der Waals surface area contributed by atoms with E-state index in [0.29, 0.717) is 24.6 Å². The maximum atomic E-state index is 13.0. The lowest BCUT2D eigenvalue weighted by molar-refractivity contribution is 0.638. The van der Waals surface area contributed by atoms with E-state index in [9.17, 15) is 4.79 Å². The predicted octanol–water partition coefficient (Wildman–Crippen LogP) is 4.00. The first-order valence-corrected chi connectivity index (χ1v) is 11.2. The highest BCUT2D eigenvalue weighted by molar-refractivity contribution is 5.77. The minimum Gasteiger partial charge on any atom is -0.297 e. The zero-order valence-electron chi connectivity index (χ0n) is 18.9. The van der Waals surface area contributed by atoms with Crippen molar-refractivity contribution < 1.29 is 0 Å². The fourth-order valence-electron chi connectivity index (χ4n) is 4.20. The Balaban J connectivity index is 1.63. The number of pyridine rings is 1. The molecule has 0 unspecified atom stereocenters. The second kappa shape index (κ2) is 9.72. The number of hydrogen-bond donors (Lipinski definition) is 1. The summed E-state index contributed by atoms with van der Waals surface area (Å²) in [7, 11) is 0. The molecule has 3 heterocycles. The fourth-order valence-corrected chi connectivity index (χ4v) is 4.20. The lowest BCUT2D eigenvalue weighted by Gasteiger charge is -2.10. The van der Waals surface area contributed by atoms with Crippen molar-refractivity contribution in [2.45, 2.75) is 59.5 Å². The van der Waals surface area contributed by atoms with Crippen LogP contribution in [-0.4, -0.2) is 34.7 Å². The number of tetrazole rings is 1. The molecule has 0 amide bonds. The third kappa shape index (κ3) is 4.26. The van der Waals surface area contributed by atoms with E-state index in [4.69, 9.17) is 0 Å². The van der Waals surface area contributed by atoms with Gasteiger partial charge in [-0.05, 0) is 49.1 Å². The van der Waals surface area contributed by atoms with Crippen molar-refractivity contribution in [1.82, 2.24) is 34.7 Å². The van der Waals surface area contributed by atoms with Crippen molar-refractivity contribution in [2.24, 2.45) is 0 Å². The number of aromatic nitrogens is 7. The van der Waals surface area contributed by atoms with Crippen LogP contribution in [0.3, 0.4) is 0 Å². The minimum absolute atomic E-state index is 0.0761. The average molecular weight is 432 g/mol. The molecule has 0 atom stereocenters. The maximum Gasteiger partial charge on any atom is 0.328 e. The highest BCUT2D eigenvalue weighted by Crippen LogP contribution is 2.28. The van der Waals surface area contributed by atoms with Gasteiger partial charge in [-0.1, -0.05) is 50.1 Å². The number of benzene rings is 1. The van der Waals surface area contributed by atoms with Gasteiger partial charge in [0.2, 0.25) is 5.82 Å². The van der Waals surface area contributed by atoms with Crippen LogP contribution >= 0.6 is 0 Å². The molecular weight excluding hydrogens is 402 g/mol. The van der Waals surface area contributed by atoms with Crippen molar-refractivity contribution >= 4 is 0 Å². The van der Waals surface area contributed by atoms with E-state index in [1.165, 1.54) is 12.8 Å². The summed E-state index contributed by atoms with van der Waals surface area (Å²) >= 11 is 0. The van der Waals surface area contributed by atoms with Gasteiger partial charge in [0.05, 0.1) is 6.54 Å². The molecule has 166 valence electrons. The van der Waals surface area contributed by atoms with Gasteiger partial charge in [-0.2, -0.15) is 5.21 Å². The van der Waals surface area contributed by atoms with Crippen LogP contribution in [0.5, 0.6) is 0 Å². The smallest absolute Gasteiger partial charge is 0.297 e. The first kappa shape index (κ1) is 21.7. The topological polar surface area (TPSA) is 94.3 Å². The number of H-pyrrole nitrogens is 1. The molecule has 32 heavy (non-hydrogen) atoms. The SMILES string of the molecule is CCCCCc1c(C)n(CC)c(=O)n1Cc1ccc(-c2cccnc2-c2nn[nH]n2)cc1. The van der Waals surface area contributed by atoms with Crippen LogP contribution in [0.15, 0.2) is 47.4 Å². The van der Waals surface area contributed by atoms with E-state index in [1.54, 1.807) is 6.20 Å². The Labute approximate surface area is 187 Å². The molecule has 0 saturated heterocycles. The second-order valence-electron chi connectivity index (χ2n) is 7.93. The highest BCUT2D eigenvalue weighted by Gasteiger charge is 2.16. The number of hydrogen-bond acceptors (Lipinski definition) is 5. The number of nitrogens with zero attached hydrogens (tertiary/aromatic N) is 6. The zero-order chi connectivity index (χ0) is 22.5. The van der Waals surface area contributed by atoms with E-state index in [2.05, 4.69) is 63.7 Å². The average Bonchev–Trinajstić information content (AvgIpc) is 3.43. The quantitative estimate of drug-likeness (QED) is 0.404. The molecule has 0 radical (unpaired) electrons. The van der Waals surface area contributed by atoms with Crippen LogP contribution in [0, 0.1) is 6.92 Å². The number of aromatic amines is 1. The van der Waals surface area contributed by atoms with Gasteiger partial charge in [-0.3, -0.25) is 14.1 Å². The third-order valence-corrected chi connectivity index (χ3v) is 5.91. The summed E-state index contributed by atoms with van der Waals surface area (Å²) in [6.07, 6.45) is 6.09. The van der Waals surface area contributed by atoms with Crippen LogP contribution < -0.4 is 5.69 Å². The minimum atomic E-state index is 0.0761. The Morgan fingerprint density at radius 2 is 1.84 bits per heavy atom. The zero-order valence-corrected chi connectivity index (χ0v) is 18.9. The fraction of sp³-hybridized carbons (Fsp3) is 0.375. The molecule has 1 aromatic carbocycles. The molecule has 3 aromatic heterocycles. The van der Waals surface area contributed by atoms with Crippen molar-refractivity contribution in [3.8, 4) is 22.6 Å². The van der Waals surface area contributed by atoms with Crippen molar-refractivity contribution in [1.29, 1.82) is 0 Å². The second-order valence-corrected chi connectivity index (χ2v) is 7.93. The summed E-state index contributed by atoms with van der Waals surface area (Å²) in [5.41, 5.74) is 6.04. The van der Waals surface area contributed by atoms with Gasteiger partial charge in [0.25, 0.3) is 0 Å². The van der Waals surface area contributed by atoms with Crippen molar-refractivity contribution in [3.05, 3.63) is 70.0 Å². The summed E-state index contributed by atoms with van der Waals surface area (Å²) < 4.78 is 3.82. The van der Waals surface area contributed by atoms with Gasteiger partial charge < -0.3 is 0 Å². The Hall–Kier alpha value is -3.55. The van der Waals surface area contributed by atoms with Crippen LogP contribution in [-0.2, 0) is 19.5 Å². The predicted molar refractivity (Wildman–Crippen MR) is 124 cm³/mol. The van der Waals surface area contributed by atoms with Gasteiger partial charge in [-0.25, -0.2) is 4.79 Å². The molecule has 0 fully saturated rings.